The van der Waals surface area contributed by atoms with Crippen molar-refractivity contribution in [3.8, 4) is 0 Å². The van der Waals surface area contributed by atoms with Crippen LogP contribution in [0.25, 0.3) is 0 Å². The number of carbonyl (C=O) groups is 1. The highest BCUT2D eigenvalue weighted by Crippen LogP contribution is 2.30. The van der Waals surface area contributed by atoms with Gasteiger partial charge >= 0.3 is 7.12 Å². The molecule has 0 aromatic heterocycles. The van der Waals surface area contributed by atoms with Crippen molar-refractivity contribution in [3.63, 3.8) is 0 Å². The lowest BCUT2D eigenvalue weighted by atomic mass is 9.74. The third-order valence-electron chi connectivity index (χ3n) is 5.41. The number of halogens is 1. The molecule has 2 aromatic rings. The van der Waals surface area contributed by atoms with Gasteiger partial charge in [-0.05, 0) is 35.6 Å². The number of carbonyl (C=O) groups excluding carboxylic acids is 1. The van der Waals surface area contributed by atoms with Crippen molar-refractivity contribution < 1.29 is 24.4 Å². The first-order valence-electron chi connectivity index (χ1n) is 11.0. The van der Waals surface area contributed by atoms with Gasteiger partial charge in [-0.2, -0.15) is 0 Å². The molecule has 0 saturated carbocycles. The van der Waals surface area contributed by atoms with Gasteiger partial charge in [0.2, 0.25) is 5.60 Å². The Morgan fingerprint density at radius 2 is 1.91 bits per heavy atom. The van der Waals surface area contributed by atoms with Gasteiger partial charge in [0.05, 0.1) is 24.9 Å². The molecule has 3 N–H and O–H groups in total. The molecular formula is C24H30BBrN2O5. The van der Waals surface area contributed by atoms with Crippen molar-refractivity contribution in [1.29, 1.82) is 0 Å². The van der Waals surface area contributed by atoms with E-state index in [9.17, 15) is 14.8 Å². The smallest absolute Gasteiger partial charge is 0.426 e. The van der Waals surface area contributed by atoms with Gasteiger partial charge in [0, 0.05) is 17.3 Å². The molecular weight excluding hydrogens is 487 g/mol. The third kappa shape index (κ3) is 7.40. The summed E-state index contributed by atoms with van der Waals surface area (Å²) in [4.78, 5) is 19.1. The van der Waals surface area contributed by atoms with Crippen LogP contribution in [0.15, 0.2) is 64.2 Å². The molecule has 1 heterocycles. The maximum Gasteiger partial charge on any atom is 0.475 e. The summed E-state index contributed by atoms with van der Waals surface area (Å²) in [6.45, 7) is 4.55. The van der Waals surface area contributed by atoms with Crippen molar-refractivity contribution in [3.05, 3.63) is 70.2 Å². The molecule has 2 unspecified atom stereocenters. The number of amides is 1. The zero-order chi connectivity index (χ0) is 23.8. The molecule has 9 heteroatoms. The normalized spacial score (nSPS) is 18.5. The van der Waals surface area contributed by atoms with Crippen LogP contribution in [0.1, 0.15) is 37.8 Å². The van der Waals surface area contributed by atoms with Crippen LogP contribution in [0.5, 0.6) is 0 Å². The van der Waals surface area contributed by atoms with E-state index in [0.717, 1.165) is 15.6 Å². The van der Waals surface area contributed by atoms with Gasteiger partial charge in [-0.15, -0.1) is 0 Å². The predicted octanol–water partition coefficient (Wildman–Crippen LogP) is 3.27. The molecule has 2 atom stereocenters. The van der Waals surface area contributed by atoms with Gasteiger partial charge in [-0.3, -0.25) is 4.79 Å². The molecule has 1 amide bonds. The molecule has 0 radical (unpaired) electrons. The molecule has 33 heavy (non-hydrogen) atoms. The molecule has 1 aliphatic rings. The van der Waals surface area contributed by atoms with Crippen LogP contribution in [-0.2, 0) is 27.4 Å². The lowest BCUT2D eigenvalue weighted by Crippen LogP contribution is -2.56. The summed E-state index contributed by atoms with van der Waals surface area (Å²) in [7, 11) is -1.67. The molecule has 3 rings (SSSR count). The largest absolute Gasteiger partial charge is 0.475 e. The van der Waals surface area contributed by atoms with Gasteiger partial charge in [0.15, 0.2) is 0 Å². The Kier molecular flexibility index (Phi) is 9.08. The fourth-order valence-electron chi connectivity index (χ4n) is 3.82. The van der Waals surface area contributed by atoms with Crippen molar-refractivity contribution >= 4 is 34.7 Å². The number of nitrogens with one attached hydrogen (secondary N) is 1. The lowest BCUT2D eigenvalue weighted by Gasteiger charge is -2.29. The summed E-state index contributed by atoms with van der Waals surface area (Å²) < 4.78 is 6.79. The average Bonchev–Trinajstić information content (AvgIpc) is 3.17. The van der Waals surface area contributed by atoms with Crippen molar-refractivity contribution in [2.45, 2.75) is 51.3 Å². The zero-order valence-corrected chi connectivity index (χ0v) is 20.5. The van der Waals surface area contributed by atoms with E-state index < -0.39 is 24.6 Å². The minimum atomic E-state index is -1.67. The van der Waals surface area contributed by atoms with Gasteiger partial charge in [-0.25, -0.2) is 0 Å². The minimum absolute atomic E-state index is 0.171. The second-order valence-corrected chi connectivity index (χ2v) is 9.74. The van der Waals surface area contributed by atoms with Crippen molar-refractivity contribution in [2.75, 3.05) is 6.61 Å². The van der Waals surface area contributed by atoms with E-state index in [1.807, 2.05) is 68.4 Å². The van der Waals surface area contributed by atoms with Crippen LogP contribution >= 0.6 is 15.9 Å². The number of ether oxygens (including phenoxy) is 1. The van der Waals surface area contributed by atoms with E-state index in [0.29, 0.717) is 25.2 Å². The van der Waals surface area contributed by atoms with Crippen molar-refractivity contribution in [2.24, 2.45) is 11.1 Å². The first kappa shape index (κ1) is 25.4. The topological polar surface area (TPSA) is 100 Å². The molecule has 0 spiro atoms. The Bertz CT molecular complexity index is 957. The first-order chi connectivity index (χ1) is 15.8. The van der Waals surface area contributed by atoms with E-state index >= 15 is 0 Å². The van der Waals surface area contributed by atoms with Crippen LogP contribution in [0.4, 0.5) is 0 Å². The first-order valence-corrected chi connectivity index (χ1v) is 11.8. The lowest BCUT2D eigenvalue weighted by molar-refractivity contribution is -0.144. The van der Waals surface area contributed by atoms with Crippen LogP contribution in [-0.4, -0.2) is 46.9 Å². The molecule has 2 aromatic carbocycles. The highest BCUT2D eigenvalue weighted by molar-refractivity contribution is 9.10. The van der Waals surface area contributed by atoms with E-state index in [4.69, 9.17) is 9.57 Å². The Balaban J connectivity index is 1.69. The standard InChI is InChI=1S/C24H30BBrN2O5/c1-17(2)11-22(25(30)31)27-23(29)24(13-18-7-4-3-5-8-18)14-21(28-33-24)16-32-15-19-9-6-10-20(26)12-19/h3-10,12,17,22,30-31H,11,13-16H2,1-2H3,(H,27,29). The number of nitrogens with zero attached hydrogens (tertiary/aromatic N) is 1. The highest BCUT2D eigenvalue weighted by atomic mass is 79.9. The van der Waals surface area contributed by atoms with E-state index in [-0.39, 0.29) is 18.9 Å². The Morgan fingerprint density at radius 1 is 1.18 bits per heavy atom. The number of oxime groups is 1. The predicted molar refractivity (Wildman–Crippen MR) is 131 cm³/mol. The maximum atomic E-state index is 13.4. The van der Waals surface area contributed by atoms with Crippen LogP contribution in [0.2, 0.25) is 0 Å². The fraction of sp³-hybridized carbons (Fsp3) is 0.417. The van der Waals surface area contributed by atoms with Gasteiger partial charge in [-0.1, -0.05) is 77.4 Å². The summed E-state index contributed by atoms with van der Waals surface area (Å²) >= 11 is 3.45. The maximum absolute atomic E-state index is 13.4. The third-order valence-corrected chi connectivity index (χ3v) is 5.91. The van der Waals surface area contributed by atoms with E-state index in [1.165, 1.54) is 0 Å². The monoisotopic (exact) mass is 516 g/mol. The zero-order valence-electron chi connectivity index (χ0n) is 18.9. The summed E-state index contributed by atoms with van der Waals surface area (Å²) in [6, 6.07) is 17.4. The number of rotatable bonds is 11. The quantitative estimate of drug-likeness (QED) is 0.398. The molecule has 7 nitrogen and oxygen atoms in total. The summed E-state index contributed by atoms with van der Waals surface area (Å²) in [5, 5.41) is 26.5. The van der Waals surface area contributed by atoms with E-state index in [2.05, 4.69) is 26.4 Å². The number of hydrogen-bond donors (Lipinski definition) is 3. The van der Waals surface area contributed by atoms with Gasteiger partial charge in [0.1, 0.15) is 0 Å². The minimum Gasteiger partial charge on any atom is -0.426 e. The highest BCUT2D eigenvalue weighted by Gasteiger charge is 2.48. The Morgan fingerprint density at radius 3 is 2.58 bits per heavy atom. The SMILES string of the molecule is CC(C)CC(NC(=O)C1(Cc2ccccc2)CC(COCc2cccc(Br)c2)=NO1)B(O)O. The second-order valence-electron chi connectivity index (χ2n) is 8.83. The van der Waals surface area contributed by atoms with Crippen LogP contribution in [0, 0.1) is 5.92 Å². The Hall–Kier alpha value is -2.20. The fourth-order valence-corrected chi connectivity index (χ4v) is 4.27. The van der Waals surface area contributed by atoms with Crippen molar-refractivity contribution in [1.82, 2.24) is 5.32 Å². The van der Waals surface area contributed by atoms with Crippen LogP contribution < -0.4 is 5.32 Å². The Labute approximate surface area is 203 Å². The second kappa shape index (κ2) is 11.8. The molecule has 1 aliphatic heterocycles. The number of hydrogen-bond acceptors (Lipinski definition) is 6. The van der Waals surface area contributed by atoms with E-state index in [1.54, 1.807) is 0 Å². The molecule has 0 fully saturated rings. The average molecular weight is 517 g/mol. The molecule has 0 saturated heterocycles. The molecule has 176 valence electrons. The van der Waals surface area contributed by atoms with Crippen LogP contribution in [0.3, 0.4) is 0 Å². The molecule has 0 bridgehead atoms. The summed E-state index contributed by atoms with van der Waals surface area (Å²) in [6.07, 6.45) is 0.977. The van der Waals surface area contributed by atoms with Gasteiger partial charge in [0.25, 0.3) is 5.91 Å². The number of benzene rings is 2. The summed E-state index contributed by atoms with van der Waals surface area (Å²) in [5.74, 6) is -1.05. The molecule has 0 aliphatic carbocycles. The van der Waals surface area contributed by atoms with Gasteiger partial charge < -0.3 is 24.9 Å². The summed E-state index contributed by atoms with van der Waals surface area (Å²) in [5.41, 5.74) is 1.29.